The van der Waals surface area contributed by atoms with Crippen molar-refractivity contribution in [1.82, 2.24) is 9.55 Å². The van der Waals surface area contributed by atoms with E-state index in [2.05, 4.69) is 4.98 Å². The molecule has 3 nitrogen and oxygen atoms in total. The van der Waals surface area contributed by atoms with E-state index >= 15 is 0 Å². The predicted octanol–water partition coefficient (Wildman–Crippen LogP) is 0.377. The summed E-state index contributed by atoms with van der Waals surface area (Å²) < 4.78 is 1.90. The molecule has 10 heavy (non-hydrogen) atoms. The maximum absolute atomic E-state index is 8.51. The van der Waals surface area contributed by atoms with Crippen LogP contribution in [0, 0.1) is 0 Å². The third-order valence-corrected chi connectivity index (χ3v) is 1.26. The molecule has 0 atom stereocenters. The second kappa shape index (κ2) is 4.30. The molecule has 1 rings (SSSR count). The van der Waals surface area contributed by atoms with Crippen LogP contribution in [0.2, 0.25) is 0 Å². The molecule has 0 radical (unpaired) electrons. The van der Waals surface area contributed by atoms with Gasteiger partial charge in [-0.25, -0.2) is 4.98 Å². The van der Waals surface area contributed by atoms with Gasteiger partial charge in [-0.1, -0.05) is 0 Å². The van der Waals surface area contributed by atoms with E-state index in [1.165, 1.54) is 0 Å². The van der Waals surface area contributed by atoms with Gasteiger partial charge >= 0.3 is 0 Å². The highest BCUT2D eigenvalue weighted by Gasteiger charge is 1.94. The van der Waals surface area contributed by atoms with Crippen LogP contribution in [0.25, 0.3) is 0 Å². The van der Waals surface area contributed by atoms with Gasteiger partial charge in [0.05, 0.1) is 6.61 Å². The first-order valence-corrected chi connectivity index (χ1v) is 2.91. The van der Waals surface area contributed by atoms with E-state index in [9.17, 15) is 0 Å². The molecule has 0 spiro atoms. The lowest BCUT2D eigenvalue weighted by atomic mass is 10.4. The fourth-order valence-electron chi connectivity index (χ4n) is 0.737. The number of aliphatic hydroxyl groups is 1. The van der Waals surface area contributed by atoms with E-state index in [-0.39, 0.29) is 19.0 Å². The number of aliphatic hydroxyl groups excluding tert-OH is 1. The van der Waals surface area contributed by atoms with E-state index in [0.29, 0.717) is 6.42 Å². The second-order valence-electron chi connectivity index (χ2n) is 1.93. The van der Waals surface area contributed by atoms with Gasteiger partial charge in [-0.05, 0) is 0 Å². The maximum Gasteiger partial charge on any atom is 0.110 e. The van der Waals surface area contributed by atoms with Crippen molar-refractivity contribution in [3.8, 4) is 0 Å². The highest BCUT2D eigenvalue weighted by Crippen LogP contribution is 1.92. The summed E-state index contributed by atoms with van der Waals surface area (Å²) in [6, 6.07) is 0. The zero-order chi connectivity index (χ0) is 6.69. The Labute approximate surface area is 66.1 Å². The van der Waals surface area contributed by atoms with Gasteiger partial charge in [-0.3, -0.25) is 0 Å². The monoisotopic (exact) mass is 162 g/mol. The minimum absolute atomic E-state index is 0. The maximum atomic E-state index is 8.51. The van der Waals surface area contributed by atoms with Crippen molar-refractivity contribution in [2.75, 3.05) is 6.61 Å². The van der Waals surface area contributed by atoms with Crippen LogP contribution in [0.1, 0.15) is 5.82 Å². The predicted molar refractivity (Wildman–Crippen MR) is 41.2 cm³/mol. The molecule has 0 saturated heterocycles. The molecule has 0 aliphatic heterocycles. The Morgan fingerprint density at radius 3 is 2.80 bits per heavy atom. The molecule has 0 aromatic carbocycles. The molecule has 0 unspecified atom stereocenters. The summed E-state index contributed by atoms with van der Waals surface area (Å²) >= 11 is 0. The van der Waals surface area contributed by atoms with Crippen molar-refractivity contribution in [2.45, 2.75) is 6.42 Å². The van der Waals surface area contributed by atoms with Crippen LogP contribution in [0.15, 0.2) is 12.4 Å². The first kappa shape index (κ1) is 9.46. The number of imidazole rings is 1. The molecular weight excluding hydrogens is 152 g/mol. The van der Waals surface area contributed by atoms with E-state index in [1.54, 1.807) is 6.20 Å². The molecule has 58 valence electrons. The summed E-state index contributed by atoms with van der Waals surface area (Å²) in [6.07, 6.45) is 4.24. The smallest absolute Gasteiger partial charge is 0.110 e. The van der Waals surface area contributed by atoms with Crippen molar-refractivity contribution in [1.29, 1.82) is 0 Å². The zero-order valence-electron chi connectivity index (χ0n) is 5.82. The Balaban J connectivity index is 0.000000810. The highest BCUT2D eigenvalue weighted by molar-refractivity contribution is 5.85. The molecule has 0 amide bonds. The Bertz CT molecular complexity index is 188. The first-order valence-electron chi connectivity index (χ1n) is 2.91. The standard InChI is InChI=1S/C6H10N2O.ClH/c1-8-4-3-7-6(8)2-5-9;/h3-4,9H,2,5H2,1H3;1H. The molecule has 0 aliphatic rings. The number of hydrogen-bond donors (Lipinski definition) is 1. The van der Waals surface area contributed by atoms with Crippen LogP contribution >= 0.6 is 12.4 Å². The van der Waals surface area contributed by atoms with Gasteiger partial charge in [-0.15, -0.1) is 12.4 Å². The van der Waals surface area contributed by atoms with E-state index in [1.807, 2.05) is 17.8 Å². The van der Waals surface area contributed by atoms with Crippen molar-refractivity contribution >= 4 is 12.4 Å². The van der Waals surface area contributed by atoms with Gasteiger partial charge < -0.3 is 9.67 Å². The molecular formula is C6H11ClN2O. The lowest BCUT2D eigenvalue weighted by Gasteiger charge is -1.95. The van der Waals surface area contributed by atoms with E-state index in [0.717, 1.165) is 5.82 Å². The average molecular weight is 163 g/mol. The van der Waals surface area contributed by atoms with E-state index < -0.39 is 0 Å². The minimum Gasteiger partial charge on any atom is -0.396 e. The quantitative estimate of drug-likeness (QED) is 0.683. The second-order valence-corrected chi connectivity index (χ2v) is 1.93. The summed E-state index contributed by atoms with van der Waals surface area (Å²) in [5.74, 6) is 0.928. The molecule has 1 aromatic rings. The van der Waals surface area contributed by atoms with Crippen molar-refractivity contribution in [3.63, 3.8) is 0 Å². The number of halogens is 1. The van der Waals surface area contributed by atoms with Crippen LogP contribution in [0.4, 0.5) is 0 Å². The summed E-state index contributed by atoms with van der Waals surface area (Å²) in [6.45, 7) is 0.171. The minimum atomic E-state index is 0. The van der Waals surface area contributed by atoms with Crippen LogP contribution in [-0.2, 0) is 13.5 Å². The summed E-state index contributed by atoms with van der Waals surface area (Å²) in [5, 5.41) is 8.51. The molecule has 1 aromatic heterocycles. The Kier molecular flexibility index (Phi) is 4.07. The average Bonchev–Trinajstić information content (AvgIpc) is 2.18. The molecule has 1 heterocycles. The molecule has 4 heteroatoms. The van der Waals surface area contributed by atoms with Crippen LogP contribution < -0.4 is 0 Å². The van der Waals surface area contributed by atoms with Crippen molar-refractivity contribution in [2.24, 2.45) is 7.05 Å². The number of nitrogens with zero attached hydrogens (tertiary/aromatic N) is 2. The van der Waals surface area contributed by atoms with Gasteiger partial charge in [0.25, 0.3) is 0 Å². The molecule has 0 aliphatic carbocycles. The highest BCUT2D eigenvalue weighted by atomic mass is 35.5. The normalized spacial score (nSPS) is 9.00. The SMILES string of the molecule is Cl.Cn1ccnc1CCO. The number of hydrogen-bond acceptors (Lipinski definition) is 2. The third-order valence-electron chi connectivity index (χ3n) is 1.26. The number of rotatable bonds is 2. The Morgan fingerprint density at radius 1 is 1.70 bits per heavy atom. The lowest BCUT2D eigenvalue weighted by Crippen LogP contribution is -1.99. The van der Waals surface area contributed by atoms with E-state index in [4.69, 9.17) is 5.11 Å². The van der Waals surface area contributed by atoms with Gasteiger partial charge in [0.2, 0.25) is 0 Å². The van der Waals surface area contributed by atoms with Crippen molar-refractivity contribution in [3.05, 3.63) is 18.2 Å². The van der Waals surface area contributed by atoms with Crippen LogP contribution in [0.3, 0.4) is 0 Å². The largest absolute Gasteiger partial charge is 0.396 e. The van der Waals surface area contributed by atoms with Crippen LogP contribution in [0.5, 0.6) is 0 Å². The van der Waals surface area contributed by atoms with Gasteiger partial charge in [0, 0.05) is 25.9 Å². The number of aromatic nitrogens is 2. The summed E-state index contributed by atoms with van der Waals surface area (Å²) in [7, 11) is 1.91. The summed E-state index contributed by atoms with van der Waals surface area (Å²) in [5.41, 5.74) is 0. The van der Waals surface area contributed by atoms with Gasteiger partial charge in [0.15, 0.2) is 0 Å². The van der Waals surface area contributed by atoms with Crippen molar-refractivity contribution < 1.29 is 5.11 Å². The number of aryl methyl sites for hydroxylation is 1. The zero-order valence-corrected chi connectivity index (χ0v) is 6.64. The van der Waals surface area contributed by atoms with Crippen LogP contribution in [-0.4, -0.2) is 21.3 Å². The topological polar surface area (TPSA) is 38.0 Å². The Hall–Kier alpha value is -0.540. The fourth-order valence-corrected chi connectivity index (χ4v) is 0.737. The summed E-state index contributed by atoms with van der Waals surface area (Å²) in [4.78, 5) is 4.01. The molecule has 1 N–H and O–H groups in total. The molecule has 0 bridgehead atoms. The third kappa shape index (κ3) is 2.01. The Morgan fingerprint density at radius 2 is 2.40 bits per heavy atom. The van der Waals surface area contributed by atoms with Gasteiger partial charge in [0.1, 0.15) is 5.82 Å². The molecule has 0 fully saturated rings. The lowest BCUT2D eigenvalue weighted by molar-refractivity contribution is 0.295. The van der Waals surface area contributed by atoms with Gasteiger partial charge in [-0.2, -0.15) is 0 Å². The first-order chi connectivity index (χ1) is 4.34. The fraction of sp³-hybridized carbons (Fsp3) is 0.500. The molecule has 0 saturated carbocycles.